The molecule has 1 amide bonds. The molecule has 0 unspecified atom stereocenters. The lowest BCUT2D eigenvalue weighted by Crippen LogP contribution is -2.37. The Morgan fingerprint density at radius 2 is 1.88 bits per heavy atom. The van der Waals surface area contributed by atoms with Crippen molar-refractivity contribution < 1.29 is 9.53 Å². The van der Waals surface area contributed by atoms with Gasteiger partial charge in [-0.25, -0.2) is 0 Å². The normalized spacial score (nSPS) is 10.4. The van der Waals surface area contributed by atoms with E-state index in [0.717, 1.165) is 30.7 Å². The van der Waals surface area contributed by atoms with E-state index in [2.05, 4.69) is 13.0 Å². The zero-order valence-corrected chi connectivity index (χ0v) is 15.7. The summed E-state index contributed by atoms with van der Waals surface area (Å²) in [6, 6.07) is 16.5. The second-order valence-corrected chi connectivity index (χ2v) is 6.51. The van der Waals surface area contributed by atoms with Gasteiger partial charge in [0.15, 0.2) is 0 Å². The standard InChI is InChI=1S/C22H26N2O2/c1-4-5-6-14-26-21-12-10-19(11-13-21)22(25)24(17(2)3)20-9-7-8-18(15-20)16-23/h7-13,15,17H,4-6,14H2,1-3H3. The van der Waals surface area contributed by atoms with Gasteiger partial charge in [0, 0.05) is 17.3 Å². The SMILES string of the molecule is CCCCCOc1ccc(C(=O)N(c2cccc(C#N)c2)C(C)C)cc1. The quantitative estimate of drug-likeness (QED) is 0.616. The average molecular weight is 350 g/mol. The molecule has 4 heteroatoms. The molecule has 0 aliphatic rings. The molecule has 4 nitrogen and oxygen atoms in total. The summed E-state index contributed by atoms with van der Waals surface area (Å²) in [6.45, 7) is 6.78. The second-order valence-electron chi connectivity index (χ2n) is 6.51. The van der Waals surface area contributed by atoms with E-state index in [4.69, 9.17) is 10.00 Å². The van der Waals surface area contributed by atoms with Gasteiger partial charge in [-0.1, -0.05) is 25.8 Å². The number of ether oxygens (including phenoxy) is 1. The Hall–Kier alpha value is -2.80. The molecule has 0 aliphatic carbocycles. The molecule has 26 heavy (non-hydrogen) atoms. The highest BCUT2D eigenvalue weighted by atomic mass is 16.5. The number of carbonyl (C=O) groups is 1. The molecule has 136 valence electrons. The number of amides is 1. The molecule has 0 spiro atoms. The first-order chi connectivity index (χ1) is 12.6. The van der Waals surface area contributed by atoms with Gasteiger partial charge in [-0.15, -0.1) is 0 Å². The molecule has 0 fully saturated rings. The van der Waals surface area contributed by atoms with Crippen molar-refractivity contribution in [2.75, 3.05) is 11.5 Å². The highest BCUT2D eigenvalue weighted by Crippen LogP contribution is 2.22. The highest BCUT2D eigenvalue weighted by molar-refractivity contribution is 6.06. The van der Waals surface area contributed by atoms with Crippen LogP contribution in [0.1, 0.15) is 56.0 Å². The van der Waals surface area contributed by atoms with Crippen molar-refractivity contribution in [2.45, 2.75) is 46.1 Å². The number of rotatable bonds is 8. The number of unbranched alkanes of at least 4 members (excludes halogenated alkanes) is 2. The van der Waals surface area contributed by atoms with Crippen molar-refractivity contribution in [2.24, 2.45) is 0 Å². The summed E-state index contributed by atoms with van der Waals surface area (Å²) >= 11 is 0. The fourth-order valence-corrected chi connectivity index (χ4v) is 2.75. The Bertz CT molecular complexity index is 760. The highest BCUT2D eigenvalue weighted by Gasteiger charge is 2.21. The van der Waals surface area contributed by atoms with Gasteiger partial charge >= 0.3 is 0 Å². The molecule has 0 saturated carbocycles. The monoisotopic (exact) mass is 350 g/mol. The lowest BCUT2D eigenvalue weighted by molar-refractivity contribution is 0.0980. The van der Waals surface area contributed by atoms with Crippen LogP contribution in [0.3, 0.4) is 0 Å². The third kappa shape index (κ3) is 5.10. The Kier molecular flexibility index (Phi) is 7.23. The van der Waals surface area contributed by atoms with E-state index in [1.807, 2.05) is 32.0 Å². The molecular weight excluding hydrogens is 324 g/mol. The van der Waals surface area contributed by atoms with Crippen molar-refractivity contribution in [3.05, 3.63) is 59.7 Å². The van der Waals surface area contributed by atoms with Crippen LogP contribution in [0.2, 0.25) is 0 Å². The predicted octanol–water partition coefficient (Wildman–Crippen LogP) is 5.18. The van der Waals surface area contributed by atoms with E-state index in [9.17, 15) is 4.79 Å². The molecule has 0 heterocycles. The zero-order valence-electron chi connectivity index (χ0n) is 15.7. The summed E-state index contributed by atoms with van der Waals surface area (Å²) in [5.41, 5.74) is 1.86. The third-order valence-electron chi connectivity index (χ3n) is 4.11. The van der Waals surface area contributed by atoms with Crippen LogP contribution >= 0.6 is 0 Å². The molecule has 0 radical (unpaired) electrons. The number of anilines is 1. The first-order valence-electron chi connectivity index (χ1n) is 9.13. The molecule has 2 rings (SSSR count). The maximum Gasteiger partial charge on any atom is 0.258 e. The van der Waals surface area contributed by atoms with E-state index in [1.165, 1.54) is 0 Å². The van der Waals surface area contributed by atoms with Gasteiger partial charge in [0.2, 0.25) is 0 Å². The fourth-order valence-electron chi connectivity index (χ4n) is 2.75. The van der Waals surface area contributed by atoms with Gasteiger partial charge in [-0.2, -0.15) is 5.26 Å². The minimum absolute atomic E-state index is 0.0265. The molecular formula is C22H26N2O2. The zero-order chi connectivity index (χ0) is 18.9. The summed E-state index contributed by atoms with van der Waals surface area (Å²) in [7, 11) is 0. The molecule has 2 aromatic rings. The summed E-state index contributed by atoms with van der Waals surface area (Å²) in [6.07, 6.45) is 3.35. The van der Waals surface area contributed by atoms with Crippen LogP contribution in [0.15, 0.2) is 48.5 Å². The Morgan fingerprint density at radius 3 is 2.50 bits per heavy atom. The summed E-state index contributed by atoms with van der Waals surface area (Å²) in [4.78, 5) is 14.7. The van der Waals surface area contributed by atoms with E-state index < -0.39 is 0 Å². The second kappa shape index (κ2) is 9.62. The number of nitriles is 1. The van der Waals surface area contributed by atoms with Crippen LogP contribution in [0.25, 0.3) is 0 Å². The van der Waals surface area contributed by atoms with Crippen molar-refractivity contribution in [1.29, 1.82) is 5.26 Å². The number of carbonyl (C=O) groups excluding carboxylic acids is 1. The lowest BCUT2D eigenvalue weighted by Gasteiger charge is -2.27. The van der Waals surface area contributed by atoms with Crippen LogP contribution in [0.4, 0.5) is 5.69 Å². The number of hydrogen-bond donors (Lipinski definition) is 0. The Labute approximate surface area is 156 Å². The molecule has 0 aliphatic heterocycles. The van der Waals surface area contributed by atoms with Crippen LogP contribution in [0, 0.1) is 11.3 Å². The van der Waals surface area contributed by atoms with Crippen molar-refractivity contribution in [1.82, 2.24) is 0 Å². The summed E-state index contributed by atoms with van der Waals surface area (Å²) in [5, 5.41) is 9.11. The van der Waals surface area contributed by atoms with Gasteiger partial charge in [0.05, 0.1) is 18.2 Å². The first kappa shape index (κ1) is 19.5. The average Bonchev–Trinajstić information content (AvgIpc) is 2.65. The molecule has 0 aromatic heterocycles. The van der Waals surface area contributed by atoms with E-state index in [0.29, 0.717) is 17.7 Å². The summed E-state index contributed by atoms with van der Waals surface area (Å²) < 4.78 is 5.70. The Balaban J connectivity index is 2.15. The molecule has 0 bridgehead atoms. The van der Waals surface area contributed by atoms with Crippen LogP contribution in [-0.4, -0.2) is 18.6 Å². The van der Waals surface area contributed by atoms with Crippen molar-refractivity contribution in [3.8, 4) is 11.8 Å². The number of hydrogen-bond acceptors (Lipinski definition) is 3. The minimum atomic E-state index is -0.0902. The van der Waals surface area contributed by atoms with Gasteiger partial charge < -0.3 is 9.64 Å². The van der Waals surface area contributed by atoms with Gasteiger partial charge in [-0.05, 0) is 62.7 Å². The summed E-state index contributed by atoms with van der Waals surface area (Å²) in [5.74, 6) is 0.688. The van der Waals surface area contributed by atoms with Crippen LogP contribution < -0.4 is 9.64 Å². The van der Waals surface area contributed by atoms with Crippen molar-refractivity contribution in [3.63, 3.8) is 0 Å². The van der Waals surface area contributed by atoms with E-state index in [1.54, 1.807) is 35.2 Å². The molecule has 0 atom stereocenters. The largest absolute Gasteiger partial charge is 0.494 e. The molecule has 0 saturated heterocycles. The van der Waals surface area contributed by atoms with Crippen molar-refractivity contribution >= 4 is 11.6 Å². The maximum absolute atomic E-state index is 13.0. The Morgan fingerprint density at radius 1 is 1.15 bits per heavy atom. The molecule has 0 N–H and O–H groups in total. The molecule has 2 aromatic carbocycles. The third-order valence-corrected chi connectivity index (χ3v) is 4.11. The van der Waals surface area contributed by atoms with Crippen LogP contribution in [-0.2, 0) is 0 Å². The van der Waals surface area contributed by atoms with E-state index >= 15 is 0 Å². The topological polar surface area (TPSA) is 53.3 Å². The van der Waals surface area contributed by atoms with Gasteiger partial charge in [-0.3, -0.25) is 4.79 Å². The first-order valence-corrected chi connectivity index (χ1v) is 9.13. The minimum Gasteiger partial charge on any atom is -0.494 e. The lowest BCUT2D eigenvalue weighted by atomic mass is 10.1. The van der Waals surface area contributed by atoms with Crippen LogP contribution in [0.5, 0.6) is 5.75 Å². The fraction of sp³-hybridized carbons (Fsp3) is 0.364. The van der Waals surface area contributed by atoms with Gasteiger partial charge in [0.1, 0.15) is 5.75 Å². The van der Waals surface area contributed by atoms with Gasteiger partial charge in [0.25, 0.3) is 5.91 Å². The number of nitrogens with zero attached hydrogens (tertiary/aromatic N) is 2. The van der Waals surface area contributed by atoms with E-state index in [-0.39, 0.29) is 11.9 Å². The number of benzene rings is 2. The predicted molar refractivity (Wildman–Crippen MR) is 105 cm³/mol. The smallest absolute Gasteiger partial charge is 0.258 e. The maximum atomic E-state index is 13.0.